The molecule has 0 saturated heterocycles. The molecule has 0 aliphatic carbocycles. The minimum Gasteiger partial charge on any atom is -0.319 e. The van der Waals surface area contributed by atoms with E-state index in [2.05, 4.69) is 10.3 Å². The molecular weight excluding hydrogens is 370 g/mol. The van der Waals surface area contributed by atoms with Crippen LogP contribution >= 0.6 is 23.1 Å². The van der Waals surface area contributed by atoms with Crippen LogP contribution in [-0.4, -0.2) is 21.1 Å². The van der Waals surface area contributed by atoms with E-state index in [4.69, 9.17) is 0 Å². The highest BCUT2D eigenvalue weighted by Crippen LogP contribution is 2.35. The number of amides is 1. The fraction of sp³-hybridized carbons (Fsp3) is 0.222. The number of benzene rings is 2. The quantitative estimate of drug-likeness (QED) is 0.367. The van der Waals surface area contributed by atoms with E-state index in [0.29, 0.717) is 0 Å². The number of nitro groups is 1. The van der Waals surface area contributed by atoms with Gasteiger partial charge in [0.05, 0.1) is 20.4 Å². The Hall–Kier alpha value is -2.45. The molecule has 0 fully saturated rings. The van der Waals surface area contributed by atoms with E-state index in [1.165, 1.54) is 35.2 Å². The standard InChI is InChI=1S/C18H17N3O3S2/c1-11(2)16(26-18-20-13-8-4-6-10-15(13)25-18)17(22)19-12-7-3-5-9-14(12)21(23)24/h3-11,16H,1-2H3,(H,19,22). The Balaban J connectivity index is 1.81. The highest BCUT2D eigenvalue weighted by Gasteiger charge is 2.27. The van der Waals surface area contributed by atoms with E-state index in [0.717, 1.165) is 14.6 Å². The van der Waals surface area contributed by atoms with E-state index >= 15 is 0 Å². The second-order valence-electron chi connectivity index (χ2n) is 5.99. The molecule has 1 atom stereocenters. The lowest BCUT2D eigenvalue weighted by molar-refractivity contribution is -0.383. The number of para-hydroxylation sites is 3. The summed E-state index contributed by atoms with van der Waals surface area (Å²) in [7, 11) is 0. The average Bonchev–Trinajstić information content (AvgIpc) is 3.02. The normalized spacial score (nSPS) is 12.3. The summed E-state index contributed by atoms with van der Waals surface area (Å²) >= 11 is 2.93. The summed E-state index contributed by atoms with van der Waals surface area (Å²) in [5.74, 6) is -0.228. The maximum Gasteiger partial charge on any atom is 0.292 e. The van der Waals surface area contributed by atoms with Crippen LogP contribution in [0, 0.1) is 16.0 Å². The molecule has 134 valence electrons. The van der Waals surface area contributed by atoms with Gasteiger partial charge in [0.15, 0.2) is 4.34 Å². The van der Waals surface area contributed by atoms with Crippen molar-refractivity contribution in [3.8, 4) is 0 Å². The van der Waals surface area contributed by atoms with E-state index < -0.39 is 10.2 Å². The number of aromatic nitrogens is 1. The molecular formula is C18H17N3O3S2. The molecule has 8 heteroatoms. The van der Waals surface area contributed by atoms with Gasteiger partial charge in [0.25, 0.3) is 5.69 Å². The first kappa shape index (κ1) is 18.3. The first-order valence-corrected chi connectivity index (χ1v) is 9.72. The third kappa shape index (κ3) is 4.03. The van der Waals surface area contributed by atoms with Gasteiger partial charge in [0, 0.05) is 6.07 Å². The topological polar surface area (TPSA) is 85.1 Å². The number of nitro benzene ring substituents is 1. The summed E-state index contributed by atoms with van der Waals surface area (Å²) in [4.78, 5) is 28.0. The maximum atomic E-state index is 12.8. The molecule has 26 heavy (non-hydrogen) atoms. The summed E-state index contributed by atoms with van der Waals surface area (Å²) in [6.07, 6.45) is 0. The van der Waals surface area contributed by atoms with Gasteiger partial charge >= 0.3 is 0 Å². The number of nitrogens with zero attached hydrogens (tertiary/aromatic N) is 2. The molecule has 0 aliphatic rings. The first-order chi connectivity index (χ1) is 12.5. The van der Waals surface area contributed by atoms with Crippen molar-refractivity contribution in [2.24, 2.45) is 5.92 Å². The van der Waals surface area contributed by atoms with Gasteiger partial charge in [-0.1, -0.05) is 49.9 Å². The molecule has 0 saturated carbocycles. The van der Waals surface area contributed by atoms with Crippen LogP contribution in [0.4, 0.5) is 11.4 Å². The molecule has 0 radical (unpaired) electrons. The predicted molar refractivity (Wildman–Crippen MR) is 106 cm³/mol. The molecule has 1 N–H and O–H groups in total. The zero-order valence-electron chi connectivity index (χ0n) is 14.2. The Bertz CT molecular complexity index is 923. The molecule has 3 rings (SSSR count). The SMILES string of the molecule is CC(C)C(Sc1nc2ccccc2s1)C(=O)Nc1ccccc1[N+](=O)[O-]. The van der Waals surface area contributed by atoms with Gasteiger partial charge in [0.2, 0.25) is 5.91 Å². The largest absolute Gasteiger partial charge is 0.319 e. The number of nitrogens with one attached hydrogen (secondary N) is 1. The van der Waals surface area contributed by atoms with Gasteiger partial charge in [0.1, 0.15) is 5.69 Å². The summed E-state index contributed by atoms with van der Waals surface area (Å²) in [5, 5.41) is 13.4. The lowest BCUT2D eigenvalue weighted by Crippen LogP contribution is -2.29. The minimum absolute atomic E-state index is 0.0368. The summed E-state index contributed by atoms with van der Waals surface area (Å²) in [6, 6.07) is 14.0. The van der Waals surface area contributed by atoms with Crippen molar-refractivity contribution in [2.45, 2.75) is 23.4 Å². The minimum atomic E-state index is -0.499. The maximum absolute atomic E-state index is 12.8. The number of fused-ring (bicyclic) bond motifs is 1. The van der Waals surface area contributed by atoms with Crippen molar-refractivity contribution in [2.75, 3.05) is 5.32 Å². The van der Waals surface area contributed by atoms with Crippen LogP contribution in [0.5, 0.6) is 0 Å². The number of hydrogen-bond acceptors (Lipinski definition) is 6. The molecule has 3 aromatic rings. The lowest BCUT2D eigenvalue weighted by atomic mass is 10.1. The number of rotatable bonds is 6. The lowest BCUT2D eigenvalue weighted by Gasteiger charge is -2.18. The van der Waals surface area contributed by atoms with Crippen molar-refractivity contribution >= 4 is 50.6 Å². The van der Waals surface area contributed by atoms with Gasteiger partial charge in [-0.2, -0.15) is 0 Å². The zero-order chi connectivity index (χ0) is 18.7. The van der Waals surface area contributed by atoms with Crippen LogP contribution in [0.3, 0.4) is 0 Å². The van der Waals surface area contributed by atoms with Crippen LogP contribution < -0.4 is 5.32 Å². The molecule has 1 amide bonds. The molecule has 1 unspecified atom stereocenters. The van der Waals surface area contributed by atoms with Gasteiger partial charge < -0.3 is 5.32 Å². The van der Waals surface area contributed by atoms with Crippen LogP contribution in [0.25, 0.3) is 10.2 Å². The summed E-state index contributed by atoms with van der Waals surface area (Å²) < 4.78 is 1.87. The van der Waals surface area contributed by atoms with Crippen LogP contribution in [-0.2, 0) is 4.79 Å². The highest BCUT2D eigenvalue weighted by molar-refractivity contribution is 8.02. The second-order valence-corrected chi connectivity index (χ2v) is 8.41. The van der Waals surface area contributed by atoms with E-state index in [9.17, 15) is 14.9 Å². The number of carbonyl (C=O) groups is 1. The predicted octanol–water partition coefficient (Wildman–Crippen LogP) is 4.96. The fourth-order valence-electron chi connectivity index (χ4n) is 2.44. The molecule has 0 spiro atoms. The first-order valence-electron chi connectivity index (χ1n) is 8.02. The van der Waals surface area contributed by atoms with E-state index in [1.807, 2.05) is 38.1 Å². The average molecular weight is 387 g/mol. The van der Waals surface area contributed by atoms with Crippen molar-refractivity contribution in [3.63, 3.8) is 0 Å². The third-order valence-corrected chi connectivity index (χ3v) is 6.40. The number of thioether (sulfide) groups is 1. The Morgan fingerprint density at radius 3 is 2.58 bits per heavy atom. The monoisotopic (exact) mass is 387 g/mol. The van der Waals surface area contributed by atoms with Gasteiger partial charge in [-0.25, -0.2) is 4.98 Å². The Morgan fingerprint density at radius 2 is 1.88 bits per heavy atom. The Labute approximate surface area is 158 Å². The highest BCUT2D eigenvalue weighted by atomic mass is 32.2. The van der Waals surface area contributed by atoms with Gasteiger partial charge in [-0.05, 0) is 24.1 Å². The van der Waals surface area contributed by atoms with E-state index in [-0.39, 0.29) is 23.2 Å². The van der Waals surface area contributed by atoms with Crippen LogP contribution in [0.2, 0.25) is 0 Å². The van der Waals surface area contributed by atoms with Crippen LogP contribution in [0.1, 0.15) is 13.8 Å². The fourth-order valence-corrected chi connectivity index (χ4v) is 4.72. The van der Waals surface area contributed by atoms with E-state index in [1.54, 1.807) is 12.1 Å². The summed E-state index contributed by atoms with van der Waals surface area (Å²) in [5.41, 5.74) is 0.994. The smallest absolute Gasteiger partial charge is 0.292 e. The Kier molecular flexibility index (Phi) is 5.53. The molecule has 0 bridgehead atoms. The van der Waals surface area contributed by atoms with Gasteiger partial charge in [-0.3, -0.25) is 14.9 Å². The molecule has 6 nitrogen and oxygen atoms in total. The van der Waals surface area contributed by atoms with Crippen molar-refractivity contribution in [1.82, 2.24) is 4.98 Å². The number of anilines is 1. The molecule has 0 aliphatic heterocycles. The number of thiazole rings is 1. The number of carbonyl (C=O) groups excluding carboxylic acids is 1. The summed E-state index contributed by atoms with van der Waals surface area (Å²) in [6.45, 7) is 3.90. The number of hydrogen-bond donors (Lipinski definition) is 1. The van der Waals surface area contributed by atoms with Crippen molar-refractivity contribution < 1.29 is 9.72 Å². The Morgan fingerprint density at radius 1 is 1.19 bits per heavy atom. The molecule has 1 aromatic heterocycles. The molecule has 2 aromatic carbocycles. The van der Waals surface area contributed by atoms with Crippen molar-refractivity contribution in [3.05, 3.63) is 58.6 Å². The molecule has 1 heterocycles. The third-order valence-electron chi connectivity index (χ3n) is 3.72. The zero-order valence-corrected chi connectivity index (χ0v) is 15.8. The second kappa shape index (κ2) is 7.84. The van der Waals surface area contributed by atoms with Crippen LogP contribution in [0.15, 0.2) is 52.9 Å². The van der Waals surface area contributed by atoms with Crippen molar-refractivity contribution in [1.29, 1.82) is 0 Å². The van der Waals surface area contributed by atoms with Gasteiger partial charge in [-0.15, -0.1) is 11.3 Å².